The Bertz CT molecular complexity index is 603. The summed E-state index contributed by atoms with van der Waals surface area (Å²) in [7, 11) is 0. The fourth-order valence-electron chi connectivity index (χ4n) is 2.02. The Balaban J connectivity index is 2.63. The number of aryl methyl sites for hydroxylation is 1. The summed E-state index contributed by atoms with van der Waals surface area (Å²) in [5.41, 5.74) is 2.23. The Morgan fingerprint density at radius 2 is 1.91 bits per heavy atom. The summed E-state index contributed by atoms with van der Waals surface area (Å²) in [6.45, 7) is 13.0. The standard InChI is InChI=1S/C19H26O4/c1-7-19(6,23-17(20)13(2)3)11-12-22-18(21)16-10-8-9-14(4)15(16)5/h8-10H,2,7,11-12H2,1,3-6H3. The van der Waals surface area contributed by atoms with Crippen LogP contribution in [0.5, 0.6) is 0 Å². The monoisotopic (exact) mass is 318 g/mol. The molecule has 1 unspecified atom stereocenters. The molecule has 0 aromatic heterocycles. The van der Waals surface area contributed by atoms with E-state index < -0.39 is 11.6 Å². The van der Waals surface area contributed by atoms with E-state index in [1.807, 2.05) is 39.8 Å². The smallest absolute Gasteiger partial charge is 0.338 e. The van der Waals surface area contributed by atoms with Gasteiger partial charge in [0.05, 0.1) is 12.2 Å². The molecule has 0 saturated heterocycles. The molecule has 0 bridgehead atoms. The molecule has 0 amide bonds. The van der Waals surface area contributed by atoms with Crippen LogP contribution in [-0.2, 0) is 14.3 Å². The van der Waals surface area contributed by atoms with Gasteiger partial charge in [0.25, 0.3) is 0 Å². The van der Waals surface area contributed by atoms with E-state index in [4.69, 9.17) is 9.47 Å². The number of esters is 2. The van der Waals surface area contributed by atoms with E-state index in [0.717, 1.165) is 11.1 Å². The summed E-state index contributed by atoms with van der Waals surface area (Å²) >= 11 is 0. The van der Waals surface area contributed by atoms with Gasteiger partial charge in [-0.3, -0.25) is 0 Å². The van der Waals surface area contributed by atoms with Crippen LogP contribution in [0.15, 0.2) is 30.4 Å². The lowest BCUT2D eigenvalue weighted by Gasteiger charge is -2.28. The molecular weight excluding hydrogens is 292 g/mol. The van der Waals surface area contributed by atoms with Crippen LogP contribution in [0.1, 0.15) is 55.1 Å². The Morgan fingerprint density at radius 3 is 2.48 bits per heavy atom. The number of hydrogen-bond donors (Lipinski definition) is 0. The Kier molecular flexibility index (Phi) is 6.55. The summed E-state index contributed by atoms with van der Waals surface area (Å²) < 4.78 is 10.8. The zero-order valence-corrected chi connectivity index (χ0v) is 14.7. The molecule has 0 aliphatic heterocycles. The third kappa shape index (κ3) is 5.23. The number of ether oxygens (including phenoxy) is 2. The van der Waals surface area contributed by atoms with Crippen molar-refractivity contribution in [2.45, 2.75) is 53.1 Å². The lowest BCUT2D eigenvalue weighted by atomic mass is 9.99. The molecule has 1 aromatic carbocycles. The first-order chi connectivity index (χ1) is 10.7. The summed E-state index contributed by atoms with van der Waals surface area (Å²) in [6, 6.07) is 5.55. The first-order valence-corrected chi connectivity index (χ1v) is 7.82. The molecule has 0 heterocycles. The van der Waals surface area contributed by atoms with Gasteiger partial charge in [0.2, 0.25) is 0 Å². The molecule has 0 spiro atoms. The molecule has 1 atom stereocenters. The molecule has 1 rings (SSSR count). The van der Waals surface area contributed by atoms with Gasteiger partial charge in [0, 0.05) is 12.0 Å². The maximum Gasteiger partial charge on any atom is 0.338 e. The van der Waals surface area contributed by atoms with Crippen LogP contribution in [-0.4, -0.2) is 24.1 Å². The van der Waals surface area contributed by atoms with E-state index in [2.05, 4.69) is 6.58 Å². The number of carbonyl (C=O) groups is 2. The highest BCUT2D eigenvalue weighted by Crippen LogP contribution is 2.22. The molecule has 4 nitrogen and oxygen atoms in total. The van der Waals surface area contributed by atoms with Crippen LogP contribution in [0, 0.1) is 13.8 Å². The second-order valence-electron chi connectivity index (χ2n) is 6.11. The van der Waals surface area contributed by atoms with Crippen LogP contribution >= 0.6 is 0 Å². The van der Waals surface area contributed by atoms with Gasteiger partial charge in [-0.15, -0.1) is 0 Å². The molecule has 0 N–H and O–H groups in total. The van der Waals surface area contributed by atoms with Crippen molar-refractivity contribution in [2.75, 3.05) is 6.61 Å². The zero-order valence-electron chi connectivity index (χ0n) is 14.7. The lowest BCUT2D eigenvalue weighted by molar-refractivity contribution is -0.154. The van der Waals surface area contributed by atoms with Crippen molar-refractivity contribution < 1.29 is 19.1 Å². The SMILES string of the molecule is C=C(C)C(=O)OC(C)(CC)CCOC(=O)c1cccc(C)c1C. The Hall–Kier alpha value is -2.10. The van der Waals surface area contributed by atoms with E-state index in [-0.39, 0.29) is 12.6 Å². The van der Waals surface area contributed by atoms with Crippen molar-refractivity contribution in [3.05, 3.63) is 47.0 Å². The van der Waals surface area contributed by atoms with Crippen LogP contribution in [0.2, 0.25) is 0 Å². The molecule has 126 valence electrons. The molecule has 0 radical (unpaired) electrons. The van der Waals surface area contributed by atoms with E-state index in [9.17, 15) is 9.59 Å². The van der Waals surface area contributed by atoms with E-state index in [0.29, 0.717) is 24.0 Å². The molecule has 1 aromatic rings. The van der Waals surface area contributed by atoms with Crippen molar-refractivity contribution in [3.8, 4) is 0 Å². The van der Waals surface area contributed by atoms with E-state index >= 15 is 0 Å². The highest BCUT2D eigenvalue weighted by atomic mass is 16.6. The lowest BCUT2D eigenvalue weighted by Crippen LogP contribution is -2.33. The van der Waals surface area contributed by atoms with Crippen LogP contribution < -0.4 is 0 Å². The van der Waals surface area contributed by atoms with Crippen molar-refractivity contribution in [1.29, 1.82) is 0 Å². The quantitative estimate of drug-likeness (QED) is 0.560. The van der Waals surface area contributed by atoms with Crippen molar-refractivity contribution in [3.63, 3.8) is 0 Å². The Morgan fingerprint density at radius 1 is 1.26 bits per heavy atom. The topological polar surface area (TPSA) is 52.6 Å². The molecular formula is C19H26O4. The molecule has 23 heavy (non-hydrogen) atoms. The molecule has 0 fully saturated rings. The van der Waals surface area contributed by atoms with Crippen LogP contribution in [0.3, 0.4) is 0 Å². The summed E-state index contributed by atoms with van der Waals surface area (Å²) in [5.74, 6) is -0.772. The van der Waals surface area contributed by atoms with Gasteiger partial charge in [-0.25, -0.2) is 9.59 Å². The molecule has 0 aliphatic rings. The maximum atomic E-state index is 12.2. The maximum absolute atomic E-state index is 12.2. The predicted molar refractivity (Wildman–Crippen MR) is 90.4 cm³/mol. The van der Waals surface area contributed by atoms with Crippen molar-refractivity contribution in [2.24, 2.45) is 0 Å². The van der Waals surface area contributed by atoms with Gasteiger partial charge >= 0.3 is 11.9 Å². The molecule has 4 heteroatoms. The number of benzene rings is 1. The Labute approximate surface area is 138 Å². The van der Waals surface area contributed by atoms with E-state index in [1.165, 1.54) is 0 Å². The number of rotatable bonds is 7. The number of carbonyl (C=O) groups excluding carboxylic acids is 2. The second-order valence-corrected chi connectivity index (χ2v) is 6.11. The van der Waals surface area contributed by atoms with Gasteiger partial charge in [-0.1, -0.05) is 25.6 Å². The normalized spacial score (nSPS) is 13.1. The fraction of sp³-hybridized carbons (Fsp3) is 0.474. The first-order valence-electron chi connectivity index (χ1n) is 7.82. The summed E-state index contributed by atoms with van der Waals surface area (Å²) in [6.07, 6.45) is 1.08. The first kappa shape index (κ1) is 18.9. The second kappa shape index (κ2) is 7.95. The fourth-order valence-corrected chi connectivity index (χ4v) is 2.02. The van der Waals surface area contributed by atoms with Gasteiger partial charge in [0.15, 0.2) is 0 Å². The minimum Gasteiger partial charge on any atom is -0.462 e. The molecule has 0 aliphatic carbocycles. The minimum absolute atomic E-state index is 0.194. The van der Waals surface area contributed by atoms with Gasteiger partial charge in [0.1, 0.15) is 5.60 Å². The van der Waals surface area contributed by atoms with Gasteiger partial charge < -0.3 is 9.47 Å². The average Bonchev–Trinajstić information content (AvgIpc) is 2.49. The van der Waals surface area contributed by atoms with Crippen LogP contribution in [0.4, 0.5) is 0 Å². The minimum atomic E-state index is -0.669. The predicted octanol–water partition coefficient (Wildman–Crippen LogP) is 4.14. The number of hydrogen-bond acceptors (Lipinski definition) is 4. The zero-order chi connectivity index (χ0) is 17.6. The van der Waals surface area contributed by atoms with Gasteiger partial charge in [-0.05, 0) is 51.3 Å². The highest BCUT2D eigenvalue weighted by Gasteiger charge is 2.27. The largest absolute Gasteiger partial charge is 0.462 e. The summed E-state index contributed by atoms with van der Waals surface area (Å²) in [5, 5.41) is 0. The van der Waals surface area contributed by atoms with E-state index in [1.54, 1.807) is 13.0 Å². The van der Waals surface area contributed by atoms with Gasteiger partial charge in [-0.2, -0.15) is 0 Å². The average molecular weight is 318 g/mol. The van der Waals surface area contributed by atoms with Crippen LogP contribution in [0.25, 0.3) is 0 Å². The third-order valence-corrected chi connectivity index (χ3v) is 4.12. The third-order valence-electron chi connectivity index (χ3n) is 4.12. The molecule has 0 saturated carbocycles. The summed E-state index contributed by atoms with van der Waals surface area (Å²) in [4.78, 5) is 23.9. The van der Waals surface area contributed by atoms with Crippen molar-refractivity contribution in [1.82, 2.24) is 0 Å². The van der Waals surface area contributed by atoms with Crippen molar-refractivity contribution >= 4 is 11.9 Å². The highest BCUT2D eigenvalue weighted by molar-refractivity contribution is 5.91.